The van der Waals surface area contributed by atoms with Crippen LogP contribution in [0.15, 0.2) is 18.2 Å². The molecule has 0 spiro atoms. The predicted molar refractivity (Wildman–Crippen MR) is 53.5 cm³/mol. The minimum Gasteiger partial charge on any atom is -0.319 e. The van der Waals surface area contributed by atoms with Crippen LogP contribution in [0.3, 0.4) is 0 Å². The zero-order chi connectivity index (χ0) is 8.97. The Hall–Kier alpha value is -0.820. The second-order valence-corrected chi connectivity index (χ2v) is 3.28. The highest BCUT2D eigenvalue weighted by atomic mass is 14.8. The molecule has 0 aliphatic rings. The molecule has 0 saturated carbocycles. The van der Waals surface area contributed by atoms with Crippen molar-refractivity contribution in [1.82, 2.24) is 5.32 Å². The van der Waals surface area contributed by atoms with Crippen molar-refractivity contribution in [2.24, 2.45) is 0 Å². The van der Waals surface area contributed by atoms with E-state index < -0.39 is 0 Å². The Morgan fingerprint density at radius 2 is 2.00 bits per heavy atom. The van der Waals surface area contributed by atoms with Gasteiger partial charge in [0.2, 0.25) is 0 Å². The van der Waals surface area contributed by atoms with Crippen LogP contribution in [0.25, 0.3) is 0 Å². The van der Waals surface area contributed by atoms with Gasteiger partial charge in [-0.3, -0.25) is 0 Å². The Kier molecular flexibility index (Phi) is 3.30. The normalized spacial score (nSPS) is 10.2. The molecule has 0 saturated heterocycles. The minimum atomic E-state index is 1.06. The molecular weight excluding hydrogens is 146 g/mol. The topological polar surface area (TPSA) is 12.0 Å². The van der Waals surface area contributed by atoms with Crippen LogP contribution in [-0.2, 0) is 6.42 Å². The molecule has 12 heavy (non-hydrogen) atoms. The van der Waals surface area contributed by atoms with Gasteiger partial charge in [-0.2, -0.15) is 0 Å². The molecule has 0 unspecified atom stereocenters. The van der Waals surface area contributed by atoms with E-state index in [1.54, 1.807) is 0 Å². The fraction of sp³-hybridized carbons (Fsp3) is 0.455. The van der Waals surface area contributed by atoms with Gasteiger partial charge in [0.1, 0.15) is 0 Å². The molecule has 1 aromatic rings. The molecule has 0 radical (unpaired) electrons. The van der Waals surface area contributed by atoms with Gasteiger partial charge < -0.3 is 5.32 Å². The van der Waals surface area contributed by atoms with Crippen LogP contribution in [0.1, 0.15) is 16.7 Å². The van der Waals surface area contributed by atoms with E-state index in [-0.39, 0.29) is 0 Å². The number of hydrogen-bond acceptors (Lipinski definition) is 1. The fourth-order valence-corrected chi connectivity index (χ4v) is 1.33. The maximum Gasteiger partial charge on any atom is -0.00113 e. The molecule has 0 amide bonds. The van der Waals surface area contributed by atoms with E-state index in [0.29, 0.717) is 0 Å². The van der Waals surface area contributed by atoms with Crippen LogP contribution in [0.5, 0.6) is 0 Å². The summed E-state index contributed by atoms with van der Waals surface area (Å²) in [5.41, 5.74) is 4.21. The summed E-state index contributed by atoms with van der Waals surface area (Å²) in [6, 6.07) is 6.63. The van der Waals surface area contributed by atoms with Crippen LogP contribution in [0.4, 0.5) is 0 Å². The molecule has 1 aromatic carbocycles. The molecular formula is C11H17N. The molecule has 0 fully saturated rings. The molecule has 0 atom stereocenters. The lowest BCUT2D eigenvalue weighted by molar-refractivity contribution is 0.788. The molecule has 0 aliphatic carbocycles. The second-order valence-electron chi connectivity index (χ2n) is 3.28. The van der Waals surface area contributed by atoms with Crippen molar-refractivity contribution < 1.29 is 0 Å². The monoisotopic (exact) mass is 163 g/mol. The summed E-state index contributed by atoms with van der Waals surface area (Å²) in [6.07, 6.45) is 1.13. The highest BCUT2D eigenvalue weighted by Gasteiger charge is 1.96. The molecule has 0 heterocycles. The summed E-state index contributed by atoms with van der Waals surface area (Å²) in [4.78, 5) is 0. The molecule has 1 N–H and O–H groups in total. The van der Waals surface area contributed by atoms with Crippen molar-refractivity contribution in [1.29, 1.82) is 0 Å². The molecule has 1 heteroatoms. The first-order valence-corrected chi connectivity index (χ1v) is 4.45. The molecule has 66 valence electrons. The van der Waals surface area contributed by atoms with Gasteiger partial charge in [-0.25, -0.2) is 0 Å². The summed E-state index contributed by atoms with van der Waals surface area (Å²) < 4.78 is 0. The third-order valence-corrected chi connectivity index (χ3v) is 2.15. The number of benzene rings is 1. The van der Waals surface area contributed by atoms with Crippen molar-refractivity contribution in [3.05, 3.63) is 34.9 Å². The van der Waals surface area contributed by atoms with Crippen molar-refractivity contribution >= 4 is 0 Å². The summed E-state index contributed by atoms with van der Waals surface area (Å²) in [7, 11) is 1.99. The first-order chi connectivity index (χ1) is 5.74. The van der Waals surface area contributed by atoms with E-state index in [0.717, 1.165) is 13.0 Å². The standard InChI is InChI=1S/C11H17N/c1-9-4-5-10(2)11(8-9)6-7-12-3/h4-5,8,12H,6-7H2,1-3H3. The number of aryl methyl sites for hydroxylation is 2. The highest BCUT2D eigenvalue weighted by molar-refractivity contribution is 5.30. The summed E-state index contributed by atoms with van der Waals surface area (Å²) in [6.45, 7) is 5.37. The zero-order valence-corrected chi connectivity index (χ0v) is 8.15. The molecule has 1 nitrogen and oxygen atoms in total. The predicted octanol–water partition coefficient (Wildman–Crippen LogP) is 2.07. The van der Waals surface area contributed by atoms with Crippen LogP contribution >= 0.6 is 0 Å². The van der Waals surface area contributed by atoms with Crippen LogP contribution in [-0.4, -0.2) is 13.6 Å². The van der Waals surface area contributed by atoms with Crippen LogP contribution < -0.4 is 5.32 Å². The number of nitrogens with one attached hydrogen (secondary N) is 1. The molecule has 0 bridgehead atoms. The number of hydrogen-bond donors (Lipinski definition) is 1. The van der Waals surface area contributed by atoms with E-state index in [1.807, 2.05) is 7.05 Å². The largest absolute Gasteiger partial charge is 0.319 e. The molecule has 0 aliphatic heterocycles. The fourth-order valence-electron chi connectivity index (χ4n) is 1.33. The summed E-state index contributed by atoms with van der Waals surface area (Å²) in [5, 5.41) is 3.16. The number of likely N-dealkylation sites (N-methyl/N-ethyl adjacent to an activating group) is 1. The van der Waals surface area contributed by atoms with E-state index in [1.165, 1.54) is 16.7 Å². The van der Waals surface area contributed by atoms with Gasteiger partial charge in [-0.1, -0.05) is 23.8 Å². The minimum absolute atomic E-state index is 1.06. The maximum atomic E-state index is 3.16. The van der Waals surface area contributed by atoms with Crippen molar-refractivity contribution in [2.75, 3.05) is 13.6 Å². The first kappa shape index (κ1) is 9.27. The van der Waals surface area contributed by atoms with Gasteiger partial charge in [-0.15, -0.1) is 0 Å². The Morgan fingerprint density at radius 1 is 1.25 bits per heavy atom. The molecule has 0 aromatic heterocycles. The average molecular weight is 163 g/mol. The Bertz CT molecular complexity index is 253. The van der Waals surface area contributed by atoms with Gasteiger partial charge in [0.05, 0.1) is 0 Å². The Morgan fingerprint density at radius 3 is 2.67 bits per heavy atom. The Labute approximate surface area is 74.8 Å². The zero-order valence-electron chi connectivity index (χ0n) is 8.15. The Balaban J connectivity index is 2.75. The third-order valence-electron chi connectivity index (χ3n) is 2.15. The number of rotatable bonds is 3. The van der Waals surface area contributed by atoms with Crippen LogP contribution in [0.2, 0.25) is 0 Å². The quantitative estimate of drug-likeness (QED) is 0.719. The van der Waals surface area contributed by atoms with Crippen molar-refractivity contribution in [2.45, 2.75) is 20.3 Å². The van der Waals surface area contributed by atoms with E-state index in [9.17, 15) is 0 Å². The first-order valence-electron chi connectivity index (χ1n) is 4.45. The second kappa shape index (κ2) is 4.27. The van der Waals surface area contributed by atoms with E-state index in [2.05, 4.69) is 37.4 Å². The summed E-state index contributed by atoms with van der Waals surface area (Å²) in [5.74, 6) is 0. The highest BCUT2D eigenvalue weighted by Crippen LogP contribution is 2.10. The van der Waals surface area contributed by atoms with Crippen LogP contribution in [0, 0.1) is 13.8 Å². The van der Waals surface area contributed by atoms with E-state index >= 15 is 0 Å². The lowest BCUT2D eigenvalue weighted by Gasteiger charge is -2.05. The third kappa shape index (κ3) is 2.35. The van der Waals surface area contributed by atoms with Gasteiger partial charge in [-0.05, 0) is 45.0 Å². The van der Waals surface area contributed by atoms with Gasteiger partial charge in [0.15, 0.2) is 0 Å². The maximum absolute atomic E-state index is 3.16. The lowest BCUT2D eigenvalue weighted by atomic mass is 10.0. The average Bonchev–Trinajstić information content (AvgIpc) is 2.07. The van der Waals surface area contributed by atoms with Crippen molar-refractivity contribution in [3.8, 4) is 0 Å². The smallest absolute Gasteiger partial charge is 0.00113 e. The van der Waals surface area contributed by atoms with Gasteiger partial charge in [0, 0.05) is 0 Å². The summed E-state index contributed by atoms with van der Waals surface area (Å²) >= 11 is 0. The van der Waals surface area contributed by atoms with Gasteiger partial charge in [0.25, 0.3) is 0 Å². The molecule has 1 rings (SSSR count). The van der Waals surface area contributed by atoms with E-state index in [4.69, 9.17) is 0 Å². The van der Waals surface area contributed by atoms with Gasteiger partial charge >= 0.3 is 0 Å². The SMILES string of the molecule is CNCCc1cc(C)ccc1C. The van der Waals surface area contributed by atoms with Crippen molar-refractivity contribution in [3.63, 3.8) is 0 Å². The lowest BCUT2D eigenvalue weighted by Crippen LogP contribution is -2.11.